The molecule has 0 amide bonds. The van der Waals surface area contributed by atoms with E-state index in [2.05, 4.69) is 17.9 Å². The zero-order chi connectivity index (χ0) is 13.4. The maximum atomic E-state index is 10.5. The van der Waals surface area contributed by atoms with Crippen LogP contribution in [0.1, 0.15) is 18.9 Å². The Kier molecular flexibility index (Phi) is 5.81. The lowest BCUT2D eigenvalue weighted by Crippen LogP contribution is -2.27. The number of non-ortho nitro benzene ring substituents is 1. The lowest BCUT2D eigenvalue weighted by atomic mass is 10.1. The fraction of sp³-hybridized carbons (Fsp3) is 0.462. The molecule has 0 aliphatic heterocycles. The van der Waals surface area contributed by atoms with Crippen molar-refractivity contribution in [3.05, 3.63) is 39.9 Å². The molecule has 96 valence electrons. The SMILES string of the molecule is CCCN(CC#N)CCc1ccc([N+](=O)[O-])cc1. The molecule has 0 heterocycles. The van der Waals surface area contributed by atoms with Crippen LogP contribution in [-0.4, -0.2) is 29.5 Å². The summed E-state index contributed by atoms with van der Waals surface area (Å²) in [5, 5.41) is 19.2. The lowest BCUT2D eigenvalue weighted by Gasteiger charge is -2.17. The Hall–Kier alpha value is -1.93. The van der Waals surface area contributed by atoms with Crippen LogP contribution in [0.5, 0.6) is 0 Å². The van der Waals surface area contributed by atoms with Crippen molar-refractivity contribution in [3.63, 3.8) is 0 Å². The van der Waals surface area contributed by atoms with Crippen LogP contribution in [0.2, 0.25) is 0 Å². The Labute approximate surface area is 107 Å². The van der Waals surface area contributed by atoms with Gasteiger partial charge in [-0.3, -0.25) is 15.0 Å². The second-order valence-electron chi connectivity index (χ2n) is 4.11. The minimum Gasteiger partial charge on any atom is -0.290 e. The van der Waals surface area contributed by atoms with Gasteiger partial charge in [0, 0.05) is 18.7 Å². The maximum Gasteiger partial charge on any atom is 0.269 e. The van der Waals surface area contributed by atoms with Crippen LogP contribution >= 0.6 is 0 Å². The summed E-state index contributed by atoms with van der Waals surface area (Å²) < 4.78 is 0. The van der Waals surface area contributed by atoms with E-state index in [0.29, 0.717) is 6.54 Å². The number of hydrogen-bond acceptors (Lipinski definition) is 4. The number of benzene rings is 1. The van der Waals surface area contributed by atoms with Gasteiger partial charge >= 0.3 is 0 Å². The van der Waals surface area contributed by atoms with Crippen molar-refractivity contribution in [2.24, 2.45) is 0 Å². The fourth-order valence-corrected chi connectivity index (χ4v) is 1.76. The molecule has 0 bridgehead atoms. The second-order valence-corrected chi connectivity index (χ2v) is 4.11. The number of nitro groups is 1. The second kappa shape index (κ2) is 7.41. The van der Waals surface area contributed by atoms with Gasteiger partial charge in [-0.05, 0) is 24.9 Å². The molecular weight excluding hydrogens is 230 g/mol. The molecule has 1 aromatic carbocycles. The summed E-state index contributed by atoms with van der Waals surface area (Å²) in [7, 11) is 0. The summed E-state index contributed by atoms with van der Waals surface area (Å²) >= 11 is 0. The Morgan fingerprint density at radius 2 is 2.00 bits per heavy atom. The van der Waals surface area contributed by atoms with Gasteiger partial charge in [0.2, 0.25) is 0 Å². The molecule has 0 N–H and O–H groups in total. The van der Waals surface area contributed by atoms with Gasteiger partial charge in [0.1, 0.15) is 0 Å². The highest BCUT2D eigenvalue weighted by Gasteiger charge is 2.06. The van der Waals surface area contributed by atoms with Crippen LogP contribution in [0.4, 0.5) is 5.69 Å². The van der Waals surface area contributed by atoms with Crippen LogP contribution in [0.15, 0.2) is 24.3 Å². The molecule has 1 aromatic rings. The predicted octanol–water partition coefficient (Wildman–Crippen LogP) is 2.37. The molecule has 0 fully saturated rings. The predicted molar refractivity (Wildman–Crippen MR) is 69.1 cm³/mol. The van der Waals surface area contributed by atoms with Crippen molar-refractivity contribution in [2.75, 3.05) is 19.6 Å². The molecule has 1 rings (SSSR count). The van der Waals surface area contributed by atoms with E-state index in [1.807, 2.05) is 0 Å². The van der Waals surface area contributed by atoms with Crippen LogP contribution in [0, 0.1) is 21.4 Å². The first-order valence-electron chi connectivity index (χ1n) is 6.00. The summed E-state index contributed by atoms with van der Waals surface area (Å²) in [4.78, 5) is 12.2. The zero-order valence-corrected chi connectivity index (χ0v) is 10.5. The first-order chi connectivity index (χ1) is 8.67. The molecule has 0 aromatic heterocycles. The highest BCUT2D eigenvalue weighted by atomic mass is 16.6. The normalized spacial score (nSPS) is 10.3. The summed E-state index contributed by atoms with van der Waals surface area (Å²) in [6.07, 6.45) is 1.82. The van der Waals surface area contributed by atoms with Crippen molar-refractivity contribution in [1.29, 1.82) is 5.26 Å². The van der Waals surface area contributed by atoms with Crippen molar-refractivity contribution in [3.8, 4) is 6.07 Å². The van der Waals surface area contributed by atoms with Gasteiger partial charge in [-0.2, -0.15) is 5.26 Å². The molecule has 0 unspecified atom stereocenters. The maximum absolute atomic E-state index is 10.5. The van der Waals surface area contributed by atoms with E-state index in [0.717, 1.165) is 31.5 Å². The van der Waals surface area contributed by atoms with Gasteiger partial charge in [-0.25, -0.2) is 0 Å². The van der Waals surface area contributed by atoms with Crippen LogP contribution < -0.4 is 0 Å². The van der Waals surface area contributed by atoms with Crippen molar-refractivity contribution >= 4 is 5.69 Å². The van der Waals surface area contributed by atoms with Crippen LogP contribution in [0.3, 0.4) is 0 Å². The first-order valence-corrected chi connectivity index (χ1v) is 6.00. The lowest BCUT2D eigenvalue weighted by molar-refractivity contribution is -0.384. The third-order valence-corrected chi connectivity index (χ3v) is 2.70. The Morgan fingerprint density at radius 1 is 1.33 bits per heavy atom. The van der Waals surface area contributed by atoms with Crippen molar-refractivity contribution < 1.29 is 4.92 Å². The van der Waals surface area contributed by atoms with Gasteiger partial charge in [-0.1, -0.05) is 19.1 Å². The highest BCUT2D eigenvalue weighted by molar-refractivity contribution is 5.32. The van der Waals surface area contributed by atoms with Gasteiger partial charge in [0.25, 0.3) is 5.69 Å². The molecular formula is C13H17N3O2. The molecule has 0 aliphatic rings. The van der Waals surface area contributed by atoms with Gasteiger partial charge in [0.15, 0.2) is 0 Å². The van der Waals surface area contributed by atoms with Gasteiger partial charge < -0.3 is 0 Å². The first kappa shape index (κ1) is 14.1. The van der Waals surface area contributed by atoms with Crippen molar-refractivity contribution in [1.82, 2.24) is 4.90 Å². The third kappa shape index (κ3) is 4.52. The zero-order valence-electron chi connectivity index (χ0n) is 10.5. The molecule has 0 spiro atoms. The van der Waals surface area contributed by atoms with E-state index in [9.17, 15) is 10.1 Å². The molecule has 0 saturated carbocycles. The quantitative estimate of drug-likeness (QED) is 0.421. The largest absolute Gasteiger partial charge is 0.290 e. The number of nitrogens with zero attached hydrogens (tertiary/aromatic N) is 3. The number of nitro benzene ring substituents is 1. The summed E-state index contributed by atoms with van der Waals surface area (Å²) in [5.41, 5.74) is 1.17. The van der Waals surface area contributed by atoms with Gasteiger partial charge in [0.05, 0.1) is 17.5 Å². The average molecular weight is 247 g/mol. The monoisotopic (exact) mass is 247 g/mol. The molecule has 5 nitrogen and oxygen atoms in total. The minimum atomic E-state index is -0.400. The van der Waals surface area contributed by atoms with E-state index >= 15 is 0 Å². The molecule has 0 radical (unpaired) electrons. The summed E-state index contributed by atoms with van der Waals surface area (Å²) in [5.74, 6) is 0. The van der Waals surface area contributed by atoms with E-state index < -0.39 is 4.92 Å². The smallest absolute Gasteiger partial charge is 0.269 e. The van der Waals surface area contributed by atoms with E-state index in [1.165, 1.54) is 12.1 Å². The highest BCUT2D eigenvalue weighted by Crippen LogP contribution is 2.12. The Balaban J connectivity index is 2.51. The van der Waals surface area contributed by atoms with Crippen LogP contribution in [-0.2, 0) is 6.42 Å². The molecule has 5 heteroatoms. The average Bonchev–Trinajstić information content (AvgIpc) is 2.37. The molecule has 0 saturated heterocycles. The summed E-state index contributed by atoms with van der Waals surface area (Å²) in [6, 6.07) is 8.73. The number of hydrogen-bond donors (Lipinski definition) is 0. The molecule has 0 aliphatic carbocycles. The Bertz CT molecular complexity index is 423. The molecule has 18 heavy (non-hydrogen) atoms. The van der Waals surface area contributed by atoms with Crippen LogP contribution in [0.25, 0.3) is 0 Å². The molecule has 0 atom stereocenters. The topological polar surface area (TPSA) is 70.2 Å². The van der Waals surface area contributed by atoms with E-state index in [4.69, 9.17) is 5.26 Å². The van der Waals surface area contributed by atoms with E-state index in [-0.39, 0.29) is 5.69 Å². The van der Waals surface area contributed by atoms with Crippen molar-refractivity contribution in [2.45, 2.75) is 19.8 Å². The van der Waals surface area contributed by atoms with Gasteiger partial charge in [-0.15, -0.1) is 0 Å². The fourth-order valence-electron chi connectivity index (χ4n) is 1.76. The number of rotatable bonds is 7. The Morgan fingerprint density at radius 3 is 2.50 bits per heavy atom. The standard InChI is InChI=1S/C13H17N3O2/c1-2-9-15(11-8-14)10-7-12-3-5-13(6-4-12)16(17)18/h3-6H,2,7,9-11H2,1H3. The third-order valence-electron chi connectivity index (χ3n) is 2.70. The summed E-state index contributed by atoms with van der Waals surface area (Å²) in [6.45, 7) is 4.22. The number of nitriles is 1. The minimum absolute atomic E-state index is 0.112. The van der Waals surface area contributed by atoms with E-state index in [1.54, 1.807) is 12.1 Å².